The van der Waals surface area contributed by atoms with Crippen molar-refractivity contribution in [2.75, 3.05) is 6.54 Å². The fourth-order valence-electron chi connectivity index (χ4n) is 1.70. The maximum Gasteiger partial charge on any atom is 0.223 e. The summed E-state index contributed by atoms with van der Waals surface area (Å²) >= 11 is 12.2. The molecule has 0 bridgehead atoms. The Morgan fingerprint density at radius 3 is 2.80 bits per heavy atom. The zero-order valence-electron chi connectivity index (χ0n) is 11.2. The van der Waals surface area contributed by atoms with Crippen LogP contribution in [0.15, 0.2) is 16.7 Å². The standard InChI is InChI=1S/C13H15Cl2N3O2/c1-3-16-6-9-4-10(14)5-11(15)13(9)19-7-12-17-8(2)20-18-12/h4-5,16H,3,6-7H2,1-2H3. The molecule has 0 saturated heterocycles. The van der Waals surface area contributed by atoms with Gasteiger partial charge in [-0.25, -0.2) is 0 Å². The van der Waals surface area contributed by atoms with Gasteiger partial charge in [-0.3, -0.25) is 0 Å². The van der Waals surface area contributed by atoms with Crippen LogP contribution in [-0.4, -0.2) is 16.7 Å². The zero-order chi connectivity index (χ0) is 14.5. The second kappa shape index (κ2) is 6.92. The van der Waals surface area contributed by atoms with Crippen LogP contribution in [0, 0.1) is 6.92 Å². The van der Waals surface area contributed by atoms with E-state index in [0.717, 1.165) is 12.1 Å². The first kappa shape index (κ1) is 15.1. The lowest BCUT2D eigenvalue weighted by atomic mass is 10.2. The second-order valence-corrected chi connectivity index (χ2v) is 5.02. The summed E-state index contributed by atoms with van der Waals surface area (Å²) in [5.41, 5.74) is 0.893. The molecule has 0 aliphatic rings. The van der Waals surface area contributed by atoms with Crippen LogP contribution in [0.25, 0.3) is 0 Å². The number of hydrogen-bond acceptors (Lipinski definition) is 5. The van der Waals surface area contributed by atoms with Crippen molar-refractivity contribution < 1.29 is 9.26 Å². The van der Waals surface area contributed by atoms with E-state index in [0.29, 0.717) is 34.1 Å². The van der Waals surface area contributed by atoms with E-state index in [-0.39, 0.29) is 6.61 Å². The van der Waals surface area contributed by atoms with Crippen LogP contribution in [0.3, 0.4) is 0 Å². The molecule has 0 amide bonds. The van der Waals surface area contributed by atoms with Gasteiger partial charge in [0, 0.05) is 24.1 Å². The van der Waals surface area contributed by atoms with E-state index in [1.807, 2.05) is 13.0 Å². The summed E-state index contributed by atoms with van der Waals surface area (Å²) in [7, 11) is 0. The van der Waals surface area contributed by atoms with Crippen molar-refractivity contribution in [3.63, 3.8) is 0 Å². The highest BCUT2D eigenvalue weighted by molar-refractivity contribution is 6.35. The van der Waals surface area contributed by atoms with E-state index in [1.165, 1.54) is 0 Å². The van der Waals surface area contributed by atoms with Gasteiger partial charge in [0.15, 0.2) is 6.61 Å². The highest BCUT2D eigenvalue weighted by atomic mass is 35.5. The summed E-state index contributed by atoms with van der Waals surface area (Å²) in [6, 6.07) is 3.47. The lowest BCUT2D eigenvalue weighted by molar-refractivity contribution is 0.282. The lowest BCUT2D eigenvalue weighted by Gasteiger charge is -2.13. The molecule has 0 atom stereocenters. The van der Waals surface area contributed by atoms with Crippen LogP contribution in [0.1, 0.15) is 24.2 Å². The number of aryl methyl sites for hydroxylation is 1. The van der Waals surface area contributed by atoms with Gasteiger partial charge in [0.25, 0.3) is 0 Å². The number of aromatic nitrogens is 2. The van der Waals surface area contributed by atoms with E-state index in [9.17, 15) is 0 Å². The lowest BCUT2D eigenvalue weighted by Crippen LogP contribution is -2.13. The maximum absolute atomic E-state index is 6.18. The maximum atomic E-state index is 6.18. The predicted octanol–water partition coefficient (Wildman–Crippen LogP) is 3.37. The van der Waals surface area contributed by atoms with Gasteiger partial charge in [-0.1, -0.05) is 35.3 Å². The molecule has 7 heteroatoms. The molecule has 1 aromatic carbocycles. The number of benzene rings is 1. The van der Waals surface area contributed by atoms with Gasteiger partial charge < -0.3 is 14.6 Å². The fourth-order valence-corrected chi connectivity index (χ4v) is 2.29. The fraction of sp³-hybridized carbons (Fsp3) is 0.385. The first-order valence-electron chi connectivity index (χ1n) is 6.20. The number of ether oxygens (including phenoxy) is 1. The minimum atomic E-state index is 0.192. The summed E-state index contributed by atoms with van der Waals surface area (Å²) in [5, 5.41) is 8.03. The Hall–Kier alpha value is -1.30. The predicted molar refractivity (Wildman–Crippen MR) is 77.2 cm³/mol. The summed E-state index contributed by atoms with van der Waals surface area (Å²) in [4.78, 5) is 4.08. The SMILES string of the molecule is CCNCc1cc(Cl)cc(Cl)c1OCc1noc(C)n1. The molecular formula is C13H15Cl2N3O2. The molecule has 108 valence electrons. The summed E-state index contributed by atoms with van der Waals surface area (Å²) in [6.07, 6.45) is 0. The third-order valence-electron chi connectivity index (χ3n) is 2.57. The average molecular weight is 316 g/mol. The van der Waals surface area contributed by atoms with Crippen LogP contribution in [0.5, 0.6) is 5.75 Å². The topological polar surface area (TPSA) is 60.2 Å². The summed E-state index contributed by atoms with van der Waals surface area (Å²) in [5.74, 6) is 1.56. The van der Waals surface area contributed by atoms with Gasteiger partial charge in [0.1, 0.15) is 5.75 Å². The van der Waals surface area contributed by atoms with Crippen LogP contribution in [0.4, 0.5) is 0 Å². The number of nitrogens with one attached hydrogen (secondary N) is 1. The number of nitrogens with zero attached hydrogens (tertiary/aromatic N) is 2. The molecule has 0 aliphatic carbocycles. The van der Waals surface area contributed by atoms with Crippen LogP contribution >= 0.6 is 23.2 Å². The molecule has 0 radical (unpaired) electrons. The molecule has 20 heavy (non-hydrogen) atoms. The Labute approximate surface area is 127 Å². The van der Waals surface area contributed by atoms with Crippen LogP contribution in [-0.2, 0) is 13.2 Å². The summed E-state index contributed by atoms with van der Waals surface area (Å²) < 4.78 is 10.6. The number of rotatable bonds is 6. The molecule has 5 nitrogen and oxygen atoms in total. The largest absolute Gasteiger partial charge is 0.484 e. The molecule has 0 spiro atoms. The first-order valence-corrected chi connectivity index (χ1v) is 6.96. The highest BCUT2D eigenvalue weighted by Crippen LogP contribution is 2.32. The van der Waals surface area contributed by atoms with Crippen molar-refractivity contribution >= 4 is 23.2 Å². The van der Waals surface area contributed by atoms with Gasteiger partial charge in [-0.15, -0.1) is 0 Å². The minimum Gasteiger partial charge on any atom is -0.484 e. The zero-order valence-corrected chi connectivity index (χ0v) is 12.8. The van der Waals surface area contributed by atoms with Crippen molar-refractivity contribution in [2.24, 2.45) is 0 Å². The van der Waals surface area contributed by atoms with Crippen molar-refractivity contribution in [3.8, 4) is 5.75 Å². The molecule has 0 aliphatic heterocycles. The Bertz CT molecular complexity index is 587. The molecule has 0 fully saturated rings. The molecule has 2 aromatic rings. The van der Waals surface area contributed by atoms with E-state index in [4.69, 9.17) is 32.5 Å². The molecule has 0 saturated carbocycles. The summed E-state index contributed by atoms with van der Waals surface area (Å²) in [6.45, 7) is 5.40. The smallest absolute Gasteiger partial charge is 0.223 e. The van der Waals surface area contributed by atoms with E-state index in [2.05, 4.69) is 15.5 Å². The number of halogens is 2. The molecule has 0 unspecified atom stereocenters. The Morgan fingerprint density at radius 1 is 1.35 bits per heavy atom. The average Bonchev–Trinajstić information content (AvgIpc) is 2.80. The first-order chi connectivity index (χ1) is 9.60. The van der Waals surface area contributed by atoms with Crippen molar-refractivity contribution in [2.45, 2.75) is 27.0 Å². The molecule has 2 rings (SSSR count). The van der Waals surface area contributed by atoms with Gasteiger partial charge >= 0.3 is 0 Å². The van der Waals surface area contributed by atoms with Gasteiger partial charge in [-0.2, -0.15) is 4.98 Å². The Balaban J connectivity index is 2.16. The van der Waals surface area contributed by atoms with Gasteiger partial charge in [0.2, 0.25) is 11.7 Å². The van der Waals surface area contributed by atoms with Crippen molar-refractivity contribution in [3.05, 3.63) is 39.5 Å². The normalized spacial score (nSPS) is 10.8. The Kier molecular flexibility index (Phi) is 5.23. The van der Waals surface area contributed by atoms with Crippen molar-refractivity contribution in [1.29, 1.82) is 0 Å². The van der Waals surface area contributed by atoms with E-state index >= 15 is 0 Å². The van der Waals surface area contributed by atoms with Gasteiger partial charge in [0.05, 0.1) is 5.02 Å². The van der Waals surface area contributed by atoms with Crippen molar-refractivity contribution in [1.82, 2.24) is 15.5 Å². The molecule has 1 aromatic heterocycles. The third-order valence-corrected chi connectivity index (χ3v) is 3.06. The second-order valence-electron chi connectivity index (χ2n) is 4.17. The van der Waals surface area contributed by atoms with Crippen LogP contribution in [0.2, 0.25) is 10.0 Å². The third kappa shape index (κ3) is 3.85. The quantitative estimate of drug-likeness (QED) is 0.885. The highest BCUT2D eigenvalue weighted by Gasteiger charge is 2.12. The van der Waals surface area contributed by atoms with E-state index < -0.39 is 0 Å². The van der Waals surface area contributed by atoms with Crippen LogP contribution < -0.4 is 10.1 Å². The number of hydrogen-bond donors (Lipinski definition) is 1. The molecule has 1 heterocycles. The molecular weight excluding hydrogens is 301 g/mol. The molecule has 1 N–H and O–H groups in total. The van der Waals surface area contributed by atoms with E-state index in [1.54, 1.807) is 13.0 Å². The van der Waals surface area contributed by atoms with Gasteiger partial charge in [-0.05, 0) is 18.7 Å². The Morgan fingerprint density at radius 2 is 2.15 bits per heavy atom. The minimum absolute atomic E-state index is 0.192. The monoisotopic (exact) mass is 315 g/mol.